The van der Waals surface area contributed by atoms with Gasteiger partial charge in [0.05, 0.1) is 47.5 Å². The first-order valence-corrected chi connectivity index (χ1v) is 23.4. The second-order valence-electron chi connectivity index (χ2n) is 19.9. The Balaban J connectivity index is 1.88. The molecule has 0 saturated carbocycles. The molecule has 18 atom stereocenters. The molecule has 0 amide bonds. The quantitative estimate of drug-likeness (QED) is 0.122. The molecule has 0 radical (unpaired) electrons. The highest BCUT2D eigenvalue weighted by molar-refractivity contribution is 5.73. The number of carbonyl (C=O) groups excluding carboxylic acids is 1. The molecule has 3 saturated heterocycles. The summed E-state index contributed by atoms with van der Waals surface area (Å²) >= 11 is 0. The van der Waals surface area contributed by atoms with Gasteiger partial charge in [-0.15, -0.1) is 0 Å². The van der Waals surface area contributed by atoms with Crippen molar-refractivity contribution in [1.82, 2.24) is 15.5 Å². The number of cyclic esters (lactones) is 1. The first-order chi connectivity index (χ1) is 29.9. The smallest absolute Gasteiger partial charge is 0.311 e. The molecule has 0 unspecified atom stereocenters. The maximum Gasteiger partial charge on any atom is 0.311 e. The lowest BCUT2D eigenvalue weighted by atomic mass is 9.75. The van der Waals surface area contributed by atoms with Crippen LogP contribution in [0.25, 0.3) is 0 Å². The molecule has 64 heavy (non-hydrogen) atoms. The molecular weight excluding hydrogens is 825 g/mol. The summed E-state index contributed by atoms with van der Waals surface area (Å²) in [7, 11) is 5.43. The van der Waals surface area contributed by atoms with Crippen molar-refractivity contribution in [2.24, 2.45) is 17.8 Å². The lowest BCUT2D eigenvalue weighted by Gasteiger charge is -2.53. The molecule has 6 N–H and O–H groups in total. The van der Waals surface area contributed by atoms with Gasteiger partial charge in [-0.25, -0.2) is 0 Å². The van der Waals surface area contributed by atoms with Crippen LogP contribution >= 0.6 is 0 Å². The van der Waals surface area contributed by atoms with E-state index in [0.29, 0.717) is 30.8 Å². The van der Waals surface area contributed by atoms with E-state index in [1.165, 1.54) is 14.0 Å². The highest BCUT2D eigenvalue weighted by Crippen LogP contribution is 2.43. The number of aliphatic hydroxyl groups is 4. The molecule has 3 fully saturated rings. The van der Waals surface area contributed by atoms with Crippen LogP contribution in [0.5, 0.6) is 5.75 Å². The van der Waals surface area contributed by atoms with Crippen molar-refractivity contribution >= 4 is 5.97 Å². The van der Waals surface area contributed by atoms with Gasteiger partial charge in [0.2, 0.25) is 0 Å². The van der Waals surface area contributed by atoms with E-state index in [0.717, 1.165) is 6.42 Å². The van der Waals surface area contributed by atoms with E-state index < -0.39 is 95.5 Å². The Morgan fingerprint density at radius 2 is 1.66 bits per heavy atom. The molecule has 1 aromatic carbocycles. The summed E-state index contributed by atoms with van der Waals surface area (Å²) in [5.41, 5.74) is -5.73. The van der Waals surface area contributed by atoms with Crippen molar-refractivity contribution in [2.45, 2.75) is 198 Å². The number of nitriles is 1. The predicted molar refractivity (Wildman–Crippen MR) is 241 cm³/mol. The maximum absolute atomic E-state index is 14.6. The first kappa shape index (κ1) is 54.1. The minimum absolute atomic E-state index is 0.0755. The average molecular weight is 907 g/mol. The number of esters is 1. The Kier molecular flexibility index (Phi) is 19.0. The van der Waals surface area contributed by atoms with Gasteiger partial charge in [-0.05, 0) is 119 Å². The number of likely N-dealkylation sites (N-methyl/N-ethyl adjacent to an activating group) is 1. The van der Waals surface area contributed by atoms with E-state index in [9.17, 15) is 30.5 Å². The Morgan fingerprint density at radius 3 is 2.27 bits per heavy atom. The van der Waals surface area contributed by atoms with Gasteiger partial charge in [-0.3, -0.25) is 4.79 Å². The van der Waals surface area contributed by atoms with Gasteiger partial charge in [0.15, 0.2) is 18.7 Å². The van der Waals surface area contributed by atoms with Crippen LogP contribution in [0, 0.1) is 29.1 Å². The lowest BCUT2D eigenvalue weighted by molar-refractivity contribution is -0.335. The van der Waals surface area contributed by atoms with Crippen molar-refractivity contribution in [2.75, 3.05) is 40.8 Å². The van der Waals surface area contributed by atoms with Crippen LogP contribution in [0.1, 0.15) is 114 Å². The number of hydrogen-bond donors (Lipinski definition) is 6. The second-order valence-corrected chi connectivity index (χ2v) is 19.9. The topological polar surface area (TPSA) is 214 Å². The largest absolute Gasteiger partial charge is 0.482 e. The normalized spacial score (nSPS) is 43.1. The standard InChI is InChI=1S/C48H82N4O12/c1-15-21-50-27-48(57)33(8)60-38(24-46(48,10)58-14)63-39-30(5)42(64-44-40(35(52(12)13)22-29(4)59-44)61-36-20-18-17-19-34(36)25-49)45(9,55)23-28(3)26-51-32(7)41(53)47(11,56)37(16-2)62-43(54)31(39)6/h17-20,28-33,35,37-42,44,50-51,53,55-57H,15-16,21-24,26-27H2,1-14H3/t28-,29-,30+,31-,32-,33+,35+,37-,38+,39+,40-,41-,42-,44+,45-,46-,47-,48+/m1/s1. The summed E-state index contributed by atoms with van der Waals surface area (Å²) in [6.07, 6.45) is -6.65. The Hall–Kier alpha value is -2.50. The zero-order chi connectivity index (χ0) is 47.9. The van der Waals surface area contributed by atoms with Crippen LogP contribution in [-0.4, -0.2) is 162 Å². The molecule has 3 aliphatic rings. The summed E-state index contributed by atoms with van der Waals surface area (Å²) in [5, 5.41) is 65.0. The van der Waals surface area contributed by atoms with Crippen LogP contribution < -0.4 is 15.4 Å². The van der Waals surface area contributed by atoms with Crippen LogP contribution in [0.3, 0.4) is 0 Å². The van der Waals surface area contributed by atoms with E-state index in [1.807, 2.05) is 53.6 Å². The fourth-order valence-corrected chi connectivity index (χ4v) is 10.1. The minimum atomic E-state index is -1.84. The number of aliphatic hydroxyl groups excluding tert-OH is 1. The Labute approximate surface area is 382 Å². The van der Waals surface area contributed by atoms with Crippen molar-refractivity contribution < 1.29 is 58.4 Å². The third kappa shape index (κ3) is 12.1. The molecule has 16 nitrogen and oxygen atoms in total. The van der Waals surface area contributed by atoms with Gasteiger partial charge in [-0.2, -0.15) is 5.26 Å². The van der Waals surface area contributed by atoms with Gasteiger partial charge < -0.3 is 69.1 Å². The fraction of sp³-hybridized carbons (Fsp3) is 0.833. The highest BCUT2D eigenvalue weighted by atomic mass is 16.7. The zero-order valence-corrected chi connectivity index (χ0v) is 41.0. The highest BCUT2D eigenvalue weighted by Gasteiger charge is 2.58. The molecule has 0 bridgehead atoms. The van der Waals surface area contributed by atoms with Crippen molar-refractivity contribution in [3.63, 3.8) is 0 Å². The number of carbonyl (C=O) groups is 1. The number of rotatable bonds is 13. The van der Waals surface area contributed by atoms with Crippen LogP contribution in [0.15, 0.2) is 24.3 Å². The van der Waals surface area contributed by atoms with Crippen LogP contribution in [-0.2, 0) is 33.2 Å². The number of nitrogens with one attached hydrogen (secondary N) is 2. The molecule has 3 heterocycles. The average Bonchev–Trinajstić information content (AvgIpc) is 3.24. The molecule has 0 aromatic heterocycles. The molecule has 0 aliphatic carbocycles. The molecule has 0 spiro atoms. The van der Waals surface area contributed by atoms with E-state index >= 15 is 0 Å². The number of hydrogen-bond acceptors (Lipinski definition) is 16. The molecule has 4 rings (SSSR count). The Bertz CT molecular complexity index is 1680. The summed E-state index contributed by atoms with van der Waals surface area (Å²) in [6.45, 7) is 21.0. The molecular formula is C48H82N4O12. The monoisotopic (exact) mass is 907 g/mol. The number of nitrogens with zero attached hydrogens (tertiary/aromatic N) is 2. The third-order valence-electron chi connectivity index (χ3n) is 14.3. The first-order valence-electron chi connectivity index (χ1n) is 23.4. The molecule has 3 aliphatic heterocycles. The van der Waals surface area contributed by atoms with Crippen molar-refractivity contribution in [3.8, 4) is 11.8 Å². The minimum Gasteiger partial charge on any atom is -0.482 e. The Morgan fingerprint density at radius 1 is 0.984 bits per heavy atom. The van der Waals surface area contributed by atoms with Crippen LogP contribution in [0.4, 0.5) is 0 Å². The van der Waals surface area contributed by atoms with E-state index in [-0.39, 0.29) is 43.9 Å². The fourth-order valence-electron chi connectivity index (χ4n) is 10.1. The predicted octanol–water partition coefficient (Wildman–Crippen LogP) is 3.89. The summed E-state index contributed by atoms with van der Waals surface area (Å²) in [4.78, 5) is 16.6. The van der Waals surface area contributed by atoms with Crippen molar-refractivity contribution in [3.05, 3.63) is 29.8 Å². The second kappa shape index (κ2) is 22.5. The number of para-hydroxylation sites is 1. The van der Waals surface area contributed by atoms with Crippen molar-refractivity contribution in [1.29, 1.82) is 5.26 Å². The number of methoxy groups -OCH3 is 1. The van der Waals surface area contributed by atoms with Gasteiger partial charge >= 0.3 is 5.97 Å². The molecule has 16 heteroatoms. The number of ether oxygens (including phenoxy) is 7. The summed E-state index contributed by atoms with van der Waals surface area (Å²) in [6, 6.07) is 8.32. The summed E-state index contributed by atoms with van der Waals surface area (Å²) in [5.74, 6) is -2.42. The maximum atomic E-state index is 14.6. The molecule has 366 valence electrons. The molecule has 1 aromatic rings. The van der Waals surface area contributed by atoms with E-state index in [4.69, 9.17) is 33.2 Å². The zero-order valence-electron chi connectivity index (χ0n) is 41.0. The van der Waals surface area contributed by atoms with Gasteiger partial charge in [0.1, 0.15) is 40.8 Å². The lowest BCUT2D eigenvalue weighted by Crippen LogP contribution is -2.70. The van der Waals surface area contributed by atoms with Gasteiger partial charge in [-0.1, -0.05) is 39.8 Å². The van der Waals surface area contributed by atoms with E-state index in [2.05, 4.69) is 16.7 Å². The van der Waals surface area contributed by atoms with E-state index in [1.54, 1.807) is 58.9 Å². The van der Waals surface area contributed by atoms with Gasteiger partial charge in [0.25, 0.3) is 0 Å². The third-order valence-corrected chi connectivity index (χ3v) is 14.3. The van der Waals surface area contributed by atoms with Gasteiger partial charge in [0, 0.05) is 32.0 Å². The van der Waals surface area contributed by atoms with Crippen LogP contribution in [0.2, 0.25) is 0 Å². The summed E-state index contributed by atoms with van der Waals surface area (Å²) < 4.78 is 46.1. The number of benzene rings is 1. The SMILES string of the molecule is CCCNC[C@]1(O)[C@H](C)O[C@@H](O[C@H]2[C@H](C)[C@@H](O[C@@H]3O[C@H](C)C[C@H](N(C)C)[C@H]3Oc3ccccc3C#N)[C@](C)(O)C[C@@H](C)CN[C@H](C)[C@@H](O)[C@](C)(O)[C@@H](CC)OC(=O)[C@@H]2C)C[C@@]1(C)OC.